The van der Waals surface area contributed by atoms with Gasteiger partial charge in [-0.15, -0.1) is 0 Å². The molecule has 0 aliphatic heterocycles. The van der Waals surface area contributed by atoms with E-state index in [1.54, 1.807) is 0 Å². The summed E-state index contributed by atoms with van der Waals surface area (Å²) >= 11 is 0. The normalized spacial score (nSPS) is 10.6. The Hall–Kier alpha value is -3.02. The van der Waals surface area contributed by atoms with Gasteiger partial charge in [0.15, 0.2) is 0 Å². The average Bonchev–Trinajstić information content (AvgIpc) is 2.49. The summed E-state index contributed by atoms with van der Waals surface area (Å²) in [6.45, 7) is 2.04. The zero-order valence-electron chi connectivity index (χ0n) is 12.1. The average molecular weight is 299 g/mol. The fourth-order valence-electron chi connectivity index (χ4n) is 1.80. The quantitative estimate of drug-likeness (QED) is 0.501. The van der Waals surface area contributed by atoms with E-state index in [9.17, 15) is 9.90 Å². The van der Waals surface area contributed by atoms with Crippen molar-refractivity contribution >= 4 is 17.8 Å². The topological polar surface area (TPSA) is 94.0 Å². The van der Waals surface area contributed by atoms with Gasteiger partial charge in [0.1, 0.15) is 11.5 Å². The number of para-hydroxylation sites is 1. The number of hydrogen-bond acceptors (Lipinski definition) is 5. The molecule has 0 bridgehead atoms. The summed E-state index contributed by atoms with van der Waals surface area (Å²) in [5, 5.41) is 25.5. The first-order valence-corrected chi connectivity index (χ1v) is 6.69. The molecule has 4 N–H and O–H groups in total. The second-order valence-electron chi connectivity index (χ2n) is 4.70. The molecule has 114 valence electrons. The molecule has 2 aromatic carbocycles. The van der Waals surface area contributed by atoms with Crippen LogP contribution in [0.1, 0.15) is 11.1 Å². The molecule has 0 heterocycles. The van der Waals surface area contributed by atoms with Crippen LogP contribution in [0.15, 0.2) is 47.6 Å². The first kappa shape index (κ1) is 15.4. The summed E-state index contributed by atoms with van der Waals surface area (Å²) in [6, 6.07) is 11.8. The molecule has 0 aromatic heterocycles. The van der Waals surface area contributed by atoms with Crippen molar-refractivity contribution in [1.29, 1.82) is 0 Å². The Morgan fingerprint density at radius 3 is 2.73 bits per heavy atom. The molecule has 0 unspecified atom stereocenters. The second-order valence-corrected chi connectivity index (χ2v) is 4.70. The highest BCUT2D eigenvalue weighted by Gasteiger charge is 2.02. The molecule has 0 saturated heterocycles. The van der Waals surface area contributed by atoms with Crippen LogP contribution < -0.4 is 10.7 Å². The van der Waals surface area contributed by atoms with Crippen molar-refractivity contribution in [2.24, 2.45) is 5.10 Å². The van der Waals surface area contributed by atoms with Gasteiger partial charge in [0.05, 0.1) is 12.8 Å². The molecule has 22 heavy (non-hydrogen) atoms. The molecule has 0 saturated carbocycles. The highest BCUT2D eigenvalue weighted by atomic mass is 16.3. The molecular formula is C16H17N3O3. The van der Waals surface area contributed by atoms with Crippen LogP contribution in [0, 0.1) is 6.92 Å². The maximum Gasteiger partial charge on any atom is 0.259 e. The number of rotatable bonds is 5. The Bertz CT molecular complexity index is 699. The van der Waals surface area contributed by atoms with Gasteiger partial charge in [-0.2, -0.15) is 5.10 Å². The molecule has 0 aliphatic rings. The maximum atomic E-state index is 11.7. The summed E-state index contributed by atoms with van der Waals surface area (Å²) < 4.78 is 0. The van der Waals surface area contributed by atoms with Crippen LogP contribution in [-0.4, -0.2) is 28.9 Å². The lowest BCUT2D eigenvalue weighted by Gasteiger charge is -2.07. The van der Waals surface area contributed by atoms with E-state index in [0.29, 0.717) is 5.56 Å². The third kappa shape index (κ3) is 4.24. The molecule has 0 fully saturated rings. The van der Waals surface area contributed by atoms with Gasteiger partial charge in [0.25, 0.3) is 5.91 Å². The van der Waals surface area contributed by atoms with Crippen LogP contribution in [0.4, 0.5) is 5.69 Å². The minimum Gasteiger partial charge on any atom is -0.508 e. The Balaban J connectivity index is 1.85. The number of nitrogens with one attached hydrogen (secondary N) is 2. The van der Waals surface area contributed by atoms with Crippen molar-refractivity contribution in [1.82, 2.24) is 5.43 Å². The maximum absolute atomic E-state index is 11.7. The minimum absolute atomic E-state index is 0.0406. The second kappa shape index (κ2) is 7.12. The third-order valence-corrected chi connectivity index (χ3v) is 2.99. The number of nitrogens with zero attached hydrogens (tertiary/aromatic N) is 1. The van der Waals surface area contributed by atoms with E-state index in [0.717, 1.165) is 11.3 Å². The van der Waals surface area contributed by atoms with Gasteiger partial charge < -0.3 is 15.5 Å². The van der Waals surface area contributed by atoms with Crippen LogP contribution >= 0.6 is 0 Å². The van der Waals surface area contributed by atoms with E-state index in [1.165, 1.54) is 24.4 Å². The van der Waals surface area contributed by atoms with Crippen molar-refractivity contribution in [3.05, 3.63) is 53.6 Å². The Kier molecular flexibility index (Phi) is 4.98. The standard InChI is InChI=1S/C16H17N3O3/c1-11-4-2-3-5-14(11)17-10-16(22)19-18-9-12-6-7-13(20)8-15(12)21/h2-9,17,20-21H,10H2,1H3,(H,19,22)/b18-9+. The molecule has 0 radical (unpaired) electrons. The van der Waals surface area contributed by atoms with Crippen molar-refractivity contribution in [2.45, 2.75) is 6.92 Å². The lowest BCUT2D eigenvalue weighted by Crippen LogP contribution is -2.26. The largest absolute Gasteiger partial charge is 0.508 e. The molecule has 0 aliphatic carbocycles. The zero-order chi connectivity index (χ0) is 15.9. The van der Waals surface area contributed by atoms with Gasteiger partial charge >= 0.3 is 0 Å². The number of phenols is 2. The van der Waals surface area contributed by atoms with Crippen molar-refractivity contribution < 1.29 is 15.0 Å². The van der Waals surface area contributed by atoms with Crippen LogP contribution in [0.3, 0.4) is 0 Å². The number of carbonyl (C=O) groups is 1. The summed E-state index contributed by atoms with van der Waals surface area (Å²) in [7, 11) is 0. The summed E-state index contributed by atoms with van der Waals surface area (Å²) in [4.78, 5) is 11.7. The molecule has 2 rings (SSSR count). The lowest BCUT2D eigenvalue weighted by atomic mass is 10.2. The van der Waals surface area contributed by atoms with E-state index in [-0.39, 0.29) is 24.0 Å². The SMILES string of the molecule is Cc1ccccc1NCC(=O)N/N=C/c1ccc(O)cc1O. The van der Waals surface area contributed by atoms with Gasteiger partial charge in [0, 0.05) is 17.3 Å². The molecule has 0 atom stereocenters. The number of aromatic hydroxyl groups is 2. The monoisotopic (exact) mass is 299 g/mol. The Labute approximate surface area is 128 Å². The number of amides is 1. The van der Waals surface area contributed by atoms with E-state index in [2.05, 4.69) is 15.8 Å². The van der Waals surface area contributed by atoms with Crippen molar-refractivity contribution in [3.8, 4) is 11.5 Å². The number of aryl methyl sites for hydroxylation is 1. The molecule has 0 spiro atoms. The Morgan fingerprint density at radius 2 is 2.00 bits per heavy atom. The summed E-state index contributed by atoms with van der Waals surface area (Å²) in [5.41, 5.74) is 4.69. The van der Waals surface area contributed by atoms with E-state index < -0.39 is 0 Å². The van der Waals surface area contributed by atoms with Gasteiger partial charge in [-0.1, -0.05) is 18.2 Å². The number of benzene rings is 2. The van der Waals surface area contributed by atoms with Crippen molar-refractivity contribution in [3.63, 3.8) is 0 Å². The molecular weight excluding hydrogens is 282 g/mol. The first-order chi connectivity index (χ1) is 10.6. The lowest BCUT2D eigenvalue weighted by molar-refractivity contribution is -0.119. The predicted molar refractivity (Wildman–Crippen MR) is 85.2 cm³/mol. The number of phenolic OH excluding ortho intramolecular Hbond substituents is 2. The highest BCUT2D eigenvalue weighted by molar-refractivity contribution is 5.86. The fourth-order valence-corrected chi connectivity index (χ4v) is 1.80. The van der Waals surface area contributed by atoms with Gasteiger partial charge in [-0.3, -0.25) is 4.79 Å². The number of anilines is 1. The van der Waals surface area contributed by atoms with Crippen LogP contribution in [0.25, 0.3) is 0 Å². The summed E-state index contributed by atoms with van der Waals surface area (Å²) in [6.07, 6.45) is 1.31. The molecule has 2 aromatic rings. The molecule has 1 amide bonds. The smallest absolute Gasteiger partial charge is 0.259 e. The van der Waals surface area contributed by atoms with Crippen LogP contribution in [0.2, 0.25) is 0 Å². The van der Waals surface area contributed by atoms with Gasteiger partial charge in [-0.25, -0.2) is 5.43 Å². The molecule has 6 nitrogen and oxygen atoms in total. The minimum atomic E-state index is -0.308. The third-order valence-electron chi connectivity index (χ3n) is 2.99. The van der Waals surface area contributed by atoms with Crippen molar-refractivity contribution in [2.75, 3.05) is 11.9 Å². The van der Waals surface area contributed by atoms with Crippen LogP contribution in [-0.2, 0) is 4.79 Å². The first-order valence-electron chi connectivity index (χ1n) is 6.69. The predicted octanol–water partition coefficient (Wildman–Crippen LogP) is 1.97. The zero-order valence-corrected chi connectivity index (χ0v) is 12.1. The fraction of sp³-hybridized carbons (Fsp3) is 0.125. The van der Waals surface area contributed by atoms with Gasteiger partial charge in [-0.05, 0) is 30.7 Å². The highest BCUT2D eigenvalue weighted by Crippen LogP contribution is 2.20. The van der Waals surface area contributed by atoms with E-state index >= 15 is 0 Å². The Morgan fingerprint density at radius 1 is 1.23 bits per heavy atom. The number of hydrogen-bond donors (Lipinski definition) is 4. The molecule has 6 heteroatoms. The van der Waals surface area contributed by atoms with E-state index in [4.69, 9.17) is 5.11 Å². The van der Waals surface area contributed by atoms with Crippen LogP contribution in [0.5, 0.6) is 11.5 Å². The van der Waals surface area contributed by atoms with Gasteiger partial charge in [0.2, 0.25) is 0 Å². The van der Waals surface area contributed by atoms with E-state index in [1.807, 2.05) is 31.2 Å². The number of carbonyl (C=O) groups excluding carboxylic acids is 1. The number of hydrazone groups is 1. The summed E-state index contributed by atoms with van der Waals surface area (Å²) in [5.74, 6) is -0.463.